The second-order valence-corrected chi connectivity index (χ2v) is 13.6. The summed E-state index contributed by atoms with van der Waals surface area (Å²) in [4.78, 5) is 29.0. The van der Waals surface area contributed by atoms with Gasteiger partial charge in [-0.15, -0.1) is 23.7 Å². The topological polar surface area (TPSA) is 84.2 Å². The second kappa shape index (κ2) is 14.5. The van der Waals surface area contributed by atoms with Gasteiger partial charge in [-0.05, 0) is 78.4 Å². The molecule has 6 rings (SSSR count). The highest BCUT2D eigenvalue weighted by molar-refractivity contribution is 7.21. The van der Waals surface area contributed by atoms with Gasteiger partial charge in [0.1, 0.15) is 17.2 Å². The van der Waals surface area contributed by atoms with Gasteiger partial charge in [0.05, 0.1) is 29.1 Å². The molecule has 0 spiro atoms. The van der Waals surface area contributed by atoms with Crippen LogP contribution in [0.4, 0.5) is 11.4 Å². The number of carboxylic acids is 1. The molecule has 0 atom stereocenters. The first-order valence-electron chi connectivity index (χ1n) is 16.0. The predicted octanol–water partition coefficient (Wildman–Crippen LogP) is 8.11. The van der Waals surface area contributed by atoms with Crippen molar-refractivity contribution in [1.82, 2.24) is 4.57 Å². The van der Waals surface area contributed by atoms with E-state index < -0.39 is 5.97 Å². The maximum absolute atomic E-state index is 12.7. The number of anilines is 2. The molecule has 2 aromatic carbocycles. The van der Waals surface area contributed by atoms with Crippen LogP contribution in [-0.4, -0.2) is 54.9 Å². The first-order valence-corrected chi connectivity index (χ1v) is 16.9. The lowest BCUT2D eigenvalue weighted by molar-refractivity contribution is -0.121. The van der Waals surface area contributed by atoms with Crippen molar-refractivity contribution in [3.05, 3.63) is 64.5 Å². The van der Waals surface area contributed by atoms with E-state index in [9.17, 15) is 14.7 Å². The smallest absolute Gasteiger partial charge is 0.345 e. The molecule has 46 heavy (non-hydrogen) atoms. The van der Waals surface area contributed by atoms with Crippen LogP contribution in [0, 0.1) is 5.92 Å². The molecule has 2 fully saturated rings. The van der Waals surface area contributed by atoms with Gasteiger partial charge in [0.2, 0.25) is 5.91 Å². The molecule has 0 radical (unpaired) electrons. The summed E-state index contributed by atoms with van der Waals surface area (Å²) in [6.45, 7) is 7.20. The summed E-state index contributed by atoms with van der Waals surface area (Å²) < 4.78 is 15.3. The molecule has 0 unspecified atom stereocenters. The number of aromatic nitrogens is 1. The van der Waals surface area contributed by atoms with Crippen molar-refractivity contribution in [2.75, 3.05) is 43.2 Å². The summed E-state index contributed by atoms with van der Waals surface area (Å²) in [6.07, 6.45) is 5.95. The number of halogens is 1. The summed E-state index contributed by atoms with van der Waals surface area (Å²) in [5.41, 5.74) is 7.55. The molecule has 1 saturated carbocycles. The average Bonchev–Trinajstić information content (AvgIpc) is 3.62. The van der Waals surface area contributed by atoms with E-state index >= 15 is 0 Å². The van der Waals surface area contributed by atoms with Crippen molar-refractivity contribution in [3.8, 4) is 17.0 Å². The maximum atomic E-state index is 12.7. The molecule has 1 N–H and O–H groups in total. The number of rotatable bonds is 9. The third kappa shape index (κ3) is 6.77. The number of benzene rings is 2. The standard InChI is InChI=1S/C36H43N3O5S.ClH/c1-23(2)35(40)37(3)27-12-15-29(39-16-18-43-19-17-39)26(20-27)22-44-28-13-10-25(11-14-28)33-32(24-8-6-5-7-9-24)34-30(38(33)4)21-31(45-34)36(41)42;/h10-15,20-21,23-24H,5-9,16-19,22H2,1-4H3,(H,41,42);1H. The molecular formula is C36H44ClN3O5S. The van der Waals surface area contributed by atoms with Crippen LogP contribution in [0.25, 0.3) is 21.5 Å². The van der Waals surface area contributed by atoms with Gasteiger partial charge in [-0.2, -0.15) is 0 Å². The van der Waals surface area contributed by atoms with Crippen LogP contribution in [-0.2, 0) is 23.2 Å². The highest BCUT2D eigenvalue weighted by Crippen LogP contribution is 2.46. The zero-order valence-electron chi connectivity index (χ0n) is 27.1. The van der Waals surface area contributed by atoms with Crippen molar-refractivity contribution in [2.24, 2.45) is 13.0 Å². The number of fused-ring (bicyclic) bond motifs is 1. The molecule has 0 bridgehead atoms. The van der Waals surface area contributed by atoms with E-state index in [2.05, 4.69) is 33.7 Å². The summed E-state index contributed by atoms with van der Waals surface area (Å²) in [5, 5.41) is 9.69. The SMILES string of the molecule is CC(C)C(=O)N(C)c1ccc(N2CCOCC2)c(COc2ccc(-c3c(C4CCCCC4)c4sc(C(=O)O)cc4n3C)cc2)c1.Cl. The molecular weight excluding hydrogens is 622 g/mol. The lowest BCUT2D eigenvalue weighted by Crippen LogP contribution is -2.37. The molecule has 8 nitrogen and oxygen atoms in total. The average molecular weight is 666 g/mol. The molecule has 2 aromatic heterocycles. The Hall–Kier alpha value is -3.53. The number of carbonyl (C=O) groups is 2. The Morgan fingerprint density at radius 2 is 1.74 bits per heavy atom. The molecule has 4 aromatic rings. The summed E-state index contributed by atoms with van der Waals surface area (Å²) >= 11 is 1.40. The van der Waals surface area contributed by atoms with Crippen molar-refractivity contribution in [2.45, 2.75) is 58.5 Å². The zero-order chi connectivity index (χ0) is 31.7. The normalized spacial score (nSPS) is 15.6. The number of nitrogens with zero attached hydrogens (tertiary/aromatic N) is 3. The third-order valence-corrected chi connectivity index (χ3v) is 10.4. The molecule has 1 amide bonds. The van der Waals surface area contributed by atoms with Crippen LogP contribution in [0.2, 0.25) is 0 Å². The molecule has 1 aliphatic heterocycles. The monoisotopic (exact) mass is 665 g/mol. The van der Waals surface area contributed by atoms with Crippen LogP contribution < -0.4 is 14.5 Å². The van der Waals surface area contributed by atoms with Crippen LogP contribution in [0.3, 0.4) is 0 Å². The van der Waals surface area contributed by atoms with Gasteiger partial charge in [0.15, 0.2) is 0 Å². The van der Waals surface area contributed by atoms with Gasteiger partial charge in [-0.3, -0.25) is 4.79 Å². The number of aromatic carboxylic acids is 1. The van der Waals surface area contributed by atoms with Gasteiger partial charge in [-0.1, -0.05) is 33.1 Å². The van der Waals surface area contributed by atoms with Crippen LogP contribution >= 0.6 is 23.7 Å². The highest BCUT2D eigenvalue weighted by atomic mass is 35.5. The molecule has 246 valence electrons. The Bertz CT molecular complexity index is 1680. The fourth-order valence-electron chi connectivity index (χ4n) is 6.85. The van der Waals surface area contributed by atoms with Gasteiger partial charge < -0.3 is 28.9 Å². The summed E-state index contributed by atoms with van der Waals surface area (Å²) in [6, 6.07) is 16.3. The summed E-state index contributed by atoms with van der Waals surface area (Å²) in [5.74, 6) is 0.315. The van der Waals surface area contributed by atoms with Gasteiger partial charge >= 0.3 is 5.97 Å². The van der Waals surface area contributed by atoms with Crippen LogP contribution in [0.5, 0.6) is 5.75 Å². The lowest BCUT2D eigenvalue weighted by atomic mass is 9.83. The quantitative estimate of drug-likeness (QED) is 0.194. The van der Waals surface area contributed by atoms with Gasteiger partial charge in [0.25, 0.3) is 0 Å². The van der Waals surface area contributed by atoms with Gasteiger partial charge in [-0.25, -0.2) is 4.79 Å². The van der Waals surface area contributed by atoms with Crippen molar-refractivity contribution >= 4 is 57.2 Å². The Labute approximate surface area is 281 Å². The number of carboxylic acid groups (broad SMARTS) is 1. The minimum atomic E-state index is -0.866. The van der Waals surface area contributed by atoms with E-state index in [1.807, 2.05) is 52.2 Å². The number of ether oxygens (including phenoxy) is 2. The van der Waals surface area contributed by atoms with E-state index in [1.54, 1.807) is 4.90 Å². The molecule has 10 heteroatoms. The molecule has 1 saturated heterocycles. The zero-order valence-corrected chi connectivity index (χ0v) is 28.7. The van der Waals surface area contributed by atoms with E-state index in [1.165, 1.54) is 41.9 Å². The maximum Gasteiger partial charge on any atom is 0.345 e. The van der Waals surface area contributed by atoms with E-state index in [4.69, 9.17) is 9.47 Å². The fraction of sp³-hybridized carbons (Fsp3) is 0.444. The highest BCUT2D eigenvalue weighted by Gasteiger charge is 2.28. The summed E-state index contributed by atoms with van der Waals surface area (Å²) in [7, 11) is 3.88. The number of carbonyl (C=O) groups excluding carboxylic acids is 1. The molecule has 1 aliphatic carbocycles. The van der Waals surface area contributed by atoms with Crippen molar-refractivity contribution in [1.29, 1.82) is 0 Å². The third-order valence-electron chi connectivity index (χ3n) is 9.28. The van der Waals surface area contributed by atoms with Crippen molar-refractivity contribution < 1.29 is 24.2 Å². The van der Waals surface area contributed by atoms with Crippen LogP contribution in [0.1, 0.15) is 72.7 Å². The Morgan fingerprint density at radius 1 is 1.04 bits per heavy atom. The fourth-order valence-corrected chi connectivity index (χ4v) is 8.00. The van der Waals surface area contributed by atoms with Crippen LogP contribution in [0.15, 0.2) is 48.5 Å². The van der Waals surface area contributed by atoms with E-state index in [0.29, 0.717) is 30.6 Å². The minimum absolute atomic E-state index is 0. The first-order chi connectivity index (χ1) is 21.7. The number of thiophene rings is 1. The second-order valence-electron chi connectivity index (χ2n) is 12.6. The number of amides is 1. The predicted molar refractivity (Wildman–Crippen MR) is 188 cm³/mol. The largest absolute Gasteiger partial charge is 0.489 e. The molecule has 2 aliphatic rings. The number of aryl methyl sites for hydroxylation is 1. The Balaban J connectivity index is 0.00000417. The number of morpholine rings is 1. The number of hydrogen-bond acceptors (Lipinski definition) is 6. The Morgan fingerprint density at radius 3 is 2.39 bits per heavy atom. The van der Waals surface area contributed by atoms with E-state index in [0.717, 1.165) is 64.4 Å². The van der Waals surface area contributed by atoms with Crippen molar-refractivity contribution in [3.63, 3.8) is 0 Å². The number of hydrogen-bond donors (Lipinski definition) is 1. The lowest BCUT2D eigenvalue weighted by Gasteiger charge is -2.31. The minimum Gasteiger partial charge on any atom is -0.489 e. The van der Waals surface area contributed by atoms with E-state index in [-0.39, 0.29) is 24.2 Å². The molecule has 3 heterocycles. The first kappa shape index (κ1) is 33.8. The van der Waals surface area contributed by atoms with Gasteiger partial charge in [0, 0.05) is 50.0 Å². The Kier molecular flexibility index (Phi) is 10.7.